The van der Waals surface area contributed by atoms with Gasteiger partial charge < -0.3 is 15.0 Å². The summed E-state index contributed by atoms with van der Waals surface area (Å²) in [6.07, 6.45) is 5.57. The SMILES string of the molecule is CCN(C)CCNCCC1CCCCO1. The first-order valence-electron chi connectivity index (χ1n) is 6.33. The van der Waals surface area contributed by atoms with Crippen LogP contribution >= 0.6 is 0 Å². The highest BCUT2D eigenvalue weighted by Crippen LogP contribution is 2.14. The van der Waals surface area contributed by atoms with Crippen LogP contribution in [0.4, 0.5) is 0 Å². The van der Waals surface area contributed by atoms with E-state index in [4.69, 9.17) is 4.74 Å². The van der Waals surface area contributed by atoms with E-state index in [0.29, 0.717) is 6.10 Å². The zero-order chi connectivity index (χ0) is 10.9. The van der Waals surface area contributed by atoms with Crippen LogP contribution in [-0.4, -0.2) is 50.8 Å². The van der Waals surface area contributed by atoms with Crippen molar-refractivity contribution in [1.82, 2.24) is 10.2 Å². The zero-order valence-corrected chi connectivity index (χ0v) is 10.3. The average molecular weight is 214 g/mol. The van der Waals surface area contributed by atoms with Crippen molar-refractivity contribution in [2.45, 2.75) is 38.7 Å². The van der Waals surface area contributed by atoms with Crippen LogP contribution in [-0.2, 0) is 4.74 Å². The van der Waals surface area contributed by atoms with Gasteiger partial charge in [-0.3, -0.25) is 0 Å². The monoisotopic (exact) mass is 214 g/mol. The summed E-state index contributed by atoms with van der Waals surface area (Å²) in [7, 11) is 2.16. The second-order valence-corrected chi connectivity index (χ2v) is 4.42. The predicted octanol–water partition coefficient (Wildman–Crippen LogP) is 1.49. The van der Waals surface area contributed by atoms with E-state index in [9.17, 15) is 0 Å². The summed E-state index contributed by atoms with van der Waals surface area (Å²) in [5.41, 5.74) is 0. The molecule has 1 fully saturated rings. The van der Waals surface area contributed by atoms with Crippen molar-refractivity contribution in [3.8, 4) is 0 Å². The second-order valence-electron chi connectivity index (χ2n) is 4.42. The zero-order valence-electron chi connectivity index (χ0n) is 10.3. The molecule has 0 aromatic carbocycles. The van der Waals surface area contributed by atoms with E-state index >= 15 is 0 Å². The summed E-state index contributed by atoms with van der Waals surface area (Å²) >= 11 is 0. The molecule has 0 saturated carbocycles. The van der Waals surface area contributed by atoms with Crippen LogP contribution in [0.1, 0.15) is 32.6 Å². The minimum atomic E-state index is 0.523. The summed E-state index contributed by atoms with van der Waals surface area (Å²) in [4.78, 5) is 2.32. The molecular weight excluding hydrogens is 188 g/mol. The van der Waals surface area contributed by atoms with Crippen LogP contribution in [0.25, 0.3) is 0 Å². The van der Waals surface area contributed by atoms with Crippen molar-refractivity contribution < 1.29 is 4.74 Å². The molecule has 1 N–H and O–H groups in total. The smallest absolute Gasteiger partial charge is 0.0587 e. The van der Waals surface area contributed by atoms with E-state index in [1.807, 2.05) is 0 Å². The van der Waals surface area contributed by atoms with E-state index < -0.39 is 0 Å². The molecule has 0 aromatic rings. The van der Waals surface area contributed by atoms with Crippen molar-refractivity contribution in [3.05, 3.63) is 0 Å². The van der Waals surface area contributed by atoms with Gasteiger partial charge in [0.25, 0.3) is 0 Å². The average Bonchev–Trinajstić information content (AvgIpc) is 2.29. The Bertz CT molecular complexity index is 147. The Labute approximate surface area is 94.2 Å². The van der Waals surface area contributed by atoms with Crippen LogP contribution in [0, 0.1) is 0 Å². The fourth-order valence-corrected chi connectivity index (χ4v) is 1.85. The maximum atomic E-state index is 5.68. The molecule has 1 heterocycles. The minimum Gasteiger partial charge on any atom is -0.378 e. The molecule has 1 unspecified atom stereocenters. The Morgan fingerprint density at radius 2 is 2.20 bits per heavy atom. The van der Waals surface area contributed by atoms with Crippen LogP contribution < -0.4 is 5.32 Å². The quantitative estimate of drug-likeness (QED) is 0.650. The maximum absolute atomic E-state index is 5.68. The molecule has 0 aromatic heterocycles. The van der Waals surface area contributed by atoms with Crippen molar-refractivity contribution >= 4 is 0 Å². The molecule has 3 heteroatoms. The molecule has 1 aliphatic heterocycles. The molecule has 15 heavy (non-hydrogen) atoms. The first kappa shape index (κ1) is 12.9. The van der Waals surface area contributed by atoms with Crippen LogP contribution in [0.5, 0.6) is 0 Å². The van der Waals surface area contributed by atoms with Crippen LogP contribution in [0.2, 0.25) is 0 Å². The third-order valence-corrected chi connectivity index (χ3v) is 3.13. The number of likely N-dealkylation sites (N-methyl/N-ethyl adjacent to an activating group) is 1. The highest BCUT2D eigenvalue weighted by atomic mass is 16.5. The molecule has 0 bridgehead atoms. The Morgan fingerprint density at radius 1 is 1.33 bits per heavy atom. The lowest BCUT2D eigenvalue weighted by molar-refractivity contribution is 0.0115. The third-order valence-electron chi connectivity index (χ3n) is 3.13. The van der Waals surface area contributed by atoms with Gasteiger partial charge in [-0.05, 0) is 45.8 Å². The van der Waals surface area contributed by atoms with Gasteiger partial charge in [0.05, 0.1) is 6.10 Å². The van der Waals surface area contributed by atoms with Gasteiger partial charge in [0.1, 0.15) is 0 Å². The van der Waals surface area contributed by atoms with Crippen molar-refractivity contribution in [2.24, 2.45) is 0 Å². The Kier molecular flexibility index (Phi) is 6.98. The lowest BCUT2D eigenvalue weighted by Gasteiger charge is -2.22. The van der Waals surface area contributed by atoms with Gasteiger partial charge in [0.15, 0.2) is 0 Å². The summed E-state index contributed by atoms with van der Waals surface area (Å²) in [5.74, 6) is 0. The minimum absolute atomic E-state index is 0.523. The van der Waals surface area contributed by atoms with Gasteiger partial charge in [-0.15, -0.1) is 0 Å². The topological polar surface area (TPSA) is 24.5 Å². The van der Waals surface area contributed by atoms with Crippen molar-refractivity contribution in [1.29, 1.82) is 0 Å². The van der Waals surface area contributed by atoms with E-state index in [1.54, 1.807) is 0 Å². The standard InChI is InChI=1S/C12H26N2O/c1-3-14(2)10-9-13-8-7-12-6-4-5-11-15-12/h12-13H,3-11H2,1-2H3. The van der Waals surface area contributed by atoms with Gasteiger partial charge in [0.2, 0.25) is 0 Å². The van der Waals surface area contributed by atoms with Crippen molar-refractivity contribution in [2.75, 3.05) is 39.8 Å². The second kappa shape index (κ2) is 8.08. The molecule has 0 radical (unpaired) electrons. The molecule has 0 aliphatic carbocycles. The Morgan fingerprint density at radius 3 is 2.87 bits per heavy atom. The molecule has 0 amide bonds. The number of hydrogen-bond donors (Lipinski definition) is 1. The van der Waals surface area contributed by atoms with Gasteiger partial charge in [-0.25, -0.2) is 0 Å². The molecule has 1 rings (SSSR count). The normalized spacial score (nSPS) is 22.2. The first-order valence-corrected chi connectivity index (χ1v) is 6.33. The van der Waals surface area contributed by atoms with Gasteiger partial charge in [0, 0.05) is 19.7 Å². The van der Waals surface area contributed by atoms with Gasteiger partial charge in [-0.2, -0.15) is 0 Å². The number of nitrogens with zero attached hydrogens (tertiary/aromatic N) is 1. The Hall–Kier alpha value is -0.120. The highest BCUT2D eigenvalue weighted by molar-refractivity contribution is 4.65. The molecule has 90 valence electrons. The number of ether oxygens (including phenoxy) is 1. The van der Waals surface area contributed by atoms with Crippen LogP contribution in [0.15, 0.2) is 0 Å². The summed E-state index contributed by atoms with van der Waals surface area (Å²) in [6, 6.07) is 0. The molecule has 0 spiro atoms. The lowest BCUT2D eigenvalue weighted by atomic mass is 10.1. The summed E-state index contributed by atoms with van der Waals surface area (Å²) in [5, 5.41) is 3.48. The predicted molar refractivity (Wildman–Crippen MR) is 64.2 cm³/mol. The van der Waals surface area contributed by atoms with Crippen LogP contribution in [0.3, 0.4) is 0 Å². The van der Waals surface area contributed by atoms with E-state index in [2.05, 4.69) is 24.2 Å². The molecule has 1 saturated heterocycles. The highest BCUT2D eigenvalue weighted by Gasteiger charge is 2.12. The summed E-state index contributed by atoms with van der Waals surface area (Å²) in [6.45, 7) is 7.63. The number of hydrogen-bond acceptors (Lipinski definition) is 3. The van der Waals surface area contributed by atoms with E-state index in [0.717, 1.165) is 32.8 Å². The number of rotatable bonds is 7. The van der Waals surface area contributed by atoms with E-state index in [-0.39, 0.29) is 0 Å². The van der Waals surface area contributed by atoms with Gasteiger partial charge >= 0.3 is 0 Å². The van der Waals surface area contributed by atoms with E-state index in [1.165, 1.54) is 25.7 Å². The Balaban J connectivity index is 1.87. The molecule has 3 nitrogen and oxygen atoms in total. The maximum Gasteiger partial charge on any atom is 0.0587 e. The number of nitrogens with one attached hydrogen (secondary N) is 1. The third kappa shape index (κ3) is 6.13. The van der Waals surface area contributed by atoms with Crippen molar-refractivity contribution in [3.63, 3.8) is 0 Å². The summed E-state index contributed by atoms with van der Waals surface area (Å²) < 4.78 is 5.68. The van der Waals surface area contributed by atoms with Gasteiger partial charge in [-0.1, -0.05) is 6.92 Å². The fourth-order valence-electron chi connectivity index (χ4n) is 1.85. The molecule has 1 atom stereocenters. The largest absolute Gasteiger partial charge is 0.378 e. The fraction of sp³-hybridized carbons (Fsp3) is 1.00. The molecule has 1 aliphatic rings. The first-order chi connectivity index (χ1) is 7.33. The lowest BCUT2D eigenvalue weighted by Crippen LogP contribution is -2.31. The molecular formula is C12H26N2O.